The normalized spacial score (nSPS) is 11.5. The second kappa shape index (κ2) is 4.88. The summed E-state index contributed by atoms with van der Waals surface area (Å²) in [6.07, 6.45) is 12.8. The lowest BCUT2D eigenvalue weighted by molar-refractivity contribution is -0.110. The fourth-order valence-corrected chi connectivity index (χ4v) is 1.11. The van der Waals surface area contributed by atoms with Crippen LogP contribution in [0.15, 0.2) is 36.9 Å². The predicted octanol–water partition coefficient (Wildman–Crippen LogP) is 1.43. The van der Waals surface area contributed by atoms with Crippen molar-refractivity contribution in [2.75, 3.05) is 0 Å². The molecule has 0 saturated heterocycles. The number of allylic oxidation sites excluding steroid dienone is 2. The highest BCUT2D eigenvalue weighted by Gasteiger charge is 1.92. The Hall–Kier alpha value is -2.43. The average Bonchev–Trinajstić information content (AvgIpc) is 2.96. The minimum absolute atomic E-state index is 0.118. The largest absolute Gasteiger partial charge is 0.345 e. The van der Waals surface area contributed by atoms with Crippen molar-refractivity contribution < 1.29 is 4.79 Å². The number of carbonyl (C=O) groups is 1. The van der Waals surface area contributed by atoms with Gasteiger partial charge >= 0.3 is 0 Å². The monoisotopic (exact) mass is 214 g/mol. The van der Waals surface area contributed by atoms with Crippen molar-refractivity contribution in [1.82, 2.24) is 19.9 Å². The lowest BCUT2D eigenvalue weighted by Crippen LogP contribution is -1.86. The molecule has 0 amide bonds. The molecule has 0 saturated carbocycles. The van der Waals surface area contributed by atoms with Crippen molar-refractivity contribution >= 4 is 17.9 Å². The summed E-state index contributed by atoms with van der Waals surface area (Å²) in [6.45, 7) is 0. The summed E-state index contributed by atoms with van der Waals surface area (Å²) in [5, 5.41) is 0. The molecule has 0 fully saturated rings. The lowest BCUT2D eigenvalue weighted by atomic mass is 10.3. The minimum Gasteiger partial charge on any atom is -0.345 e. The molecule has 0 aliphatic rings. The lowest BCUT2D eigenvalue weighted by Gasteiger charge is -1.84. The number of hydrogen-bond acceptors (Lipinski definition) is 3. The molecule has 0 radical (unpaired) electrons. The van der Waals surface area contributed by atoms with E-state index in [-0.39, 0.29) is 5.78 Å². The molecule has 0 aliphatic heterocycles. The molecule has 16 heavy (non-hydrogen) atoms. The second-order valence-electron chi connectivity index (χ2n) is 3.02. The van der Waals surface area contributed by atoms with Gasteiger partial charge in [-0.1, -0.05) is 0 Å². The molecule has 0 bridgehead atoms. The first-order valence-corrected chi connectivity index (χ1v) is 4.73. The Bertz CT molecular complexity index is 448. The van der Waals surface area contributed by atoms with Crippen LogP contribution in [-0.4, -0.2) is 25.7 Å². The summed E-state index contributed by atoms with van der Waals surface area (Å²) < 4.78 is 0. The Kier molecular flexibility index (Phi) is 3.08. The number of imidazole rings is 2. The van der Waals surface area contributed by atoms with E-state index in [0.717, 1.165) is 0 Å². The van der Waals surface area contributed by atoms with Crippen LogP contribution in [0.2, 0.25) is 0 Å². The van der Waals surface area contributed by atoms with Gasteiger partial charge in [-0.05, 0) is 24.3 Å². The number of H-pyrrole nitrogens is 2. The number of nitrogens with zero attached hydrogens (tertiary/aromatic N) is 2. The van der Waals surface area contributed by atoms with E-state index < -0.39 is 0 Å². The molecule has 2 N–H and O–H groups in total. The summed E-state index contributed by atoms with van der Waals surface area (Å²) in [5.41, 5.74) is 0. The first-order valence-electron chi connectivity index (χ1n) is 4.73. The number of hydrogen-bond donors (Lipinski definition) is 2. The van der Waals surface area contributed by atoms with Gasteiger partial charge in [0.2, 0.25) is 0 Å². The van der Waals surface area contributed by atoms with Crippen molar-refractivity contribution in [3.63, 3.8) is 0 Å². The highest BCUT2D eigenvalue weighted by atomic mass is 16.1. The number of ketones is 1. The van der Waals surface area contributed by atoms with Crippen molar-refractivity contribution in [2.24, 2.45) is 0 Å². The SMILES string of the molecule is O=C(/C=C/c1ncc[nH]1)/C=C/c1ncc[nH]1. The highest BCUT2D eigenvalue weighted by Crippen LogP contribution is 1.95. The number of aromatic nitrogens is 4. The van der Waals surface area contributed by atoms with E-state index in [0.29, 0.717) is 11.6 Å². The number of carbonyl (C=O) groups excluding carboxylic acids is 1. The van der Waals surface area contributed by atoms with Crippen LogP contribution in [0.1, 0.15) is 11.6 Å². The maximum atomic E-state index is 11.4. The third-order valence-electron chi connectivity index (χ3n) is 1.85. The van der Waals surface area contributed by atoms with Crippen LogP contribution >= 0.6 is 0 Å². The molecule has 80 valence electrons. The Balaban J connectivity index is 1.94. The van der Waals surface area contributed by atoms with E-state index in [9.17, 15) is 4.79 Å². The van der Waals surface area contributed by atoms with Gasteiger partial charge in [0.1, 0.15) is 11.6 Å². The van der Waals surface area contributed by atoms with Crippen LogP contribution in [0.25, 0.3) is 12.2 Å². The molecule has 2 heterocycles. The third-order valence-corrected chi connectivity index (χ3v) is 1.85. The van der Waals surface area contributed by atoms with Crippen molar-refractivity contribution in [3.8, 4) is 0 Å². The summed E-state index contributed by atoms with van der Waals surface area (Å²) in [5.74, 6) is 1.19. The fourth-order valence-electron chi connectivity index (χ4n) is 1.11. The molecule has 0 spiro atoms. The third kappa shape index (κ3) is 2.78. The first kappa shape index (κ1) is 10.1. The topological polar surface area (TPSA) is 74.4 Å². The van der Waals surface area contributed by atoms with Gasteiger partial charge in [-0.3, -0.25) is 4.79 Å². The molecular weight excluding hydrogens is 204 g/mol. The van der Waals surface area contributed by atoms with E-state index in [1.54, 1.807) is 36.9 Å². The van der Waals surface area contributed by atoms with E-state index in [4.69, 9.17) is 0 Å². The zero-order valence-electron chi connectivity index (χ0n) is 8.42. The molecule has 2 rings (SSSR count). The molecule has 2 aromatic heterocycles. The van der Waals surface area contributed by atoms with Crippen LogP contribution < -0.4 is 0 Å². The molecule has 5 nitrogen and oxygen atoms in total. The van der Waals surface area contributed by atoms with Crippen molar-refractivity contribution in [1.29, 1.82) is 0 Å². The van der Waals surface area contributed by atoms with E-state index in [2.05, 4.69) is 19.9 Å². The highest BCUT2D eigenvalue weighted by molar-refractivity contribution is 6.04. The van der Waals surface area contributed by atoms with Gasteiger partial charge in [-0.2, -0.15) is 0 Å². The van der Waals surface area contributed by atoms with Gasteiger partial charge in [0.15, 0.2) is 5.78 Å². The molecule has 0 unspecified atom stereocenters. The standard InChI is InChI=1S/C11H10N4O/c16-9(1-3-10-12-5-6-13-10)2-4-11-14-7-8-15-11/h1-8H,(H,12,13)(H,14,15)/b3-1+,4-2+. The van der Waals surface area contributed by atoms with E-state index >= 15 is 0 Å². The van der Waals surface area contributed by atoms with Gasteiger partial charge in [-0.15, -0.1) is 0 Å². The zero-order chi connectivity index (χ0) is 11.2. The summed E-state index contributed by atoms with van der Waals surface area (Å²) >= 11 is 0. The molecule has 5 heteroatoms. The molecule has 0 aliphatic carbocycles. The Labute approximate surface area is 92.0 Å². The molecular formula is C11H10N4O. The maximum absolute atomic E-state index is 11.4. The summed E-state index contributed by atoms with van der Waals surface area (Å²) in [6, 6.07) is 0. The summed E-state index contributed by atoms with van der Waals surface area (Å²) in [7, 11) is 0. The van der Waals surface area contributed by atoms with Gasteiger partial charge in [0.25, 0.3) is 0 Å². The van der Waals surface area contributed by atoms with Gasteiger partial charge < -0.3 is 9.97 Å². The second-order valence-corrected chi connectivity index (χ2v) is 3.02. The van der Waals surface area contributed by atoms with Crippen LogP contribution in [0, 0.1) is 0 Å². The Morgan fingerprint density at radius 2 is 1.50 bits per heavy atom. The van der Waals surface area contributed by atoms with Gasteiger partial charge in [-0.25, -0.2) is 9.97 Å². The Morgan fingerprint density at radius 1 is 1.00 bits per heavy atom. The molecule has 0 atom stereocenters. The zero-order valence-corrected chi connectivity index (χ0v) is 8.42. The summed E-state index contributed by atoms with van der Waals surface area (Å²) in [4.78, 5) is 25.0. The fraction of sp³-hybridized carbons (Fsp3) is 0. The first-order chi connectivity index (χ1) is 7.84. The van der Waals surface area contributed by atoms with Gasteiger partial charge in [0, 0.05) is 24.8 Å². The van der Waals surface area contributed by atoms with Gasteiger partial charge in [0.05, 0.1) is 0 Å². The number of aromatic amines is 2. The van der Waals surface area contributed by atoms with Crippen molar-refractivity contribution in [3.05, 3.63) is 48.6 Å². The average molecular weight is 214 g/mol. The number of nitrogens with one attached hydrogen (secondary N) is 2. The van der Waals surface area contributed by atoms with Crippen molar-refractivity contribution in [2.45, 2.75) is 0 Å². The van der Waals surface area contributed by atoms with Crippen LogP contribution in [0.4, 0.5) is 0 Å². The van der Waals surface area contributed by atoms with Crippen LogP contribution in [0.3, 0.4) is 0 Å². The molecule has 0 aromatic carbocycles. The smallest absolute Gasteiger partial charge is 0.178 e. The van der Waals surface area contributed by atoms with Crippen LogP contribution in [-0.2, 0) is 4.79 Å². The Morgan fingerprint density at radius 3 is 1.88 bits per heavy atom. The maximum Gasteiger partial charge on any atom is 0.178 e. The molecule has 2 aromatic rings. The van der Waals surface area contributed by atoms with E-state index in [1.165, 1.54) is 12.2 Å². The predicted molar refractivity (Wildman–Crippen MR) is 60.3 cm³/mol. The van der Waals surface area contributed by atoms with Crippen LogP contribution in [0.5, 0.6) is 0 Å². The quantitative estimate of drug-likeness (QED) is 0.756. The number of rotatable bonds is 4. The minimum atomic E-state index is -0.118. The van der Waals surface area contributed by atoms with E-state index in [1.807, 2.05) is 0 Å².